The van der Waals surface area contributed by atoms with E-state index in [1.165, 1.54) is 0 Å². The van der Waals surface area contributed by atoms with Gasteiger partial charge in [0.05, 0.1) is 0 Å². The van der Waals surface area contributed by atoms with Gasteiger partial charge in [0.25, 0.3) is 0 Å². The van der Waals surface area contributed by atoms with Gasteiger partial charge in [-0.1, -0.05) is 11.3 Å². The normalized spacial score (nSPS) is 11.8. The number of halogens is 1. The number of rotatable bonds is 3. The third-order valence-electron chi connectivity index (χ3n) is 2.04. The highest BCUT2D eigenvalue weighted by atomic mass is 35.5. The summed E-state index contributed by atoms with van der Waals surface area (Å²) in [7, 11) is 1.99. The van der Waals surface area contributed by atoms with E-state index in [-0.39, 0.29) is 5.54 Å². The number of aromatic nitrogens is 2. The molecule has 0 N–H and O–H groups in total. The number of alkyl halides is 1. The highest BCUT2D eigenvalue weighted by molar-refractivity contribution is 7.15. The standard InChI is InChI=1S/C8H14ClN3S/c1-6-10-11-7(13-6)12(4)8(2,3)5-9/h5H2,1-4H3. The van der Waals surface area contributed by atoms with Crippen LogP contribution in [0.1, 0.15) is 18.9 Å². The molecule has 1 aromatic heterocycles. The first-order chi connectivity index (χ1) is 5.97. The van der Waals surface area contributed by atoms with E-state index in [0.717, 1.165) is 10.1 Å². The molecule has 5 heteroatoms. The van der Waals surface area contributed by atoms with Gasteiger partial charge in [-0.3, -0.25) is 0 Å². The molecule has 3 nitrogen and oxygen atoms in total. The van der Waals surface area contributed by atoms with Crippen LogP contribution in [-0.4, -0.2) is 28.7 Å². The maximum atomic E-state index is 5.86. The summed E-state index contributed by atoms with van der Waals surface area (Å²) in [6.45, 7) is 6.11. The number of nitrogens with zero attached hydrogens (tertiary/aromatic N) is 3. The predicted molar refractivity (Wildman–Crippen MR) is 57.8 cm³/mol. The smallest absolute Gasteiger partial charge is 0.208 e. The van der Waals surface area contributed by atoms with Crippen LogP contribution in [0.4, 0.5) is 5.13 Å². The minimum Gasteiger partial charge on any atom is -0.343 e. The van der Waals surface area contributed by atoms with Crippen LogP contribution in [0.25, 0.3) is 0 Å². The summed E-state index contributed by atoms with van der Waals surface area (Å²) in [6.07, 6.45) is 0. The molecule has 0 atom stereocenters. The molecule has 0 radical (unpaired) electrons. The Bertz CT molecular complexity index is 285. The number of anilines is 1. The highest BCUT2D eigenvalue weighted by Gasteiger charge is 2.24. The third-order valence-corrected chi connectivity index (χ3v) is 3.61. The SMILES string of the molecule is Cc1nnc(N(C)C(C)(C)CCl)s1. The highest BCUT2D eigenvalue weighted by Crippen LogP contribution is 2.25. The number of hydrogen-bond donors (Lipinski definition) is 0. The van der Waals surface area contributed by atoms with Crippen LogP contribution < -0.4 is 4.90 Å². The van der Waals surface area contributed by atoms with Gasteiger partial charge in [0.2, 0.25) is 5.13 Å². The van der Waals surface area contributed by atoms with Crippen molar-refractivity contribution in [1.29, 1.82) is 0 Å². The molecule has 0 spiro atoms. The molecule has 1 aromatic rings. The van der Waals surface area contributed by atoms with Crippen LogP contribution in [0.3, 0.4) is 0 Å². The molecule has 0 aliphatic carbocycles. The van der Waals surface area contributed by atoms with E-state index < -0.39 is 0 Å². The minimum atomic E-state index is -0.0759. The molecule has 0 saturated carbocycles. The predicted octanol–water partition coefficient (Wildman–Crippen LogP) is 2.30. The van der Waals surface area contributed by atoms with Gasteiger partial charge in [-0.25, -0.2) is 0 Å². The molecule has 0 amide bonds. The Kier molecular flexibility index (Phi) is 3.14. The van der Waals surface area contributed by atoms with Crippen molar-refractivity contribution in [2.75, 3.05) is 17.8 Å². The summed E-state index contributed by atoms with van der Waals surface area (Å²) in [4.78, 5) is 2.06. The van der Waals surface area contributed by atoms with Crippen molar-refractivity contribution in [1.82, 2.24) is 10.2 Å². The maximum absolute atomic E-state index is 5.86. The summed E-state index contributed by atoms with van der Waals surface area (Å²) in [5, 5.41) is 9.93. The molecule has 13 heavy (non-hydrogen) atoms. The van der Waals surface area contributed by atoms with Crippen LogP contribution in [-0.2, 0) is 0 Å². The molecule has 0 aromatic carbocycles. The second-order valence-electron chi connectivity index (χ2n) is 3.61. The van der Waals surface area contributed by atoms with Crippen LogP contribution in [0.5, 0.6) is 0 Å². The average molecular weight is 220 g/mol. The molecule has 0 aliphatic rings. The van der Waals surface area contributed by atoms with Crippen molar-refractivity contribution in [3.63, 3.8) is 0 Å². The molecule has 0 fully saturated rings. The summed E-state index contributed by atoms with van der Waals surface area (Å²) < 4.78 is 0. The first-order valence-corrected chi connectivity index (χ1v) is 5.42. The topological polar surface area (TPSA) is 29.0 Å². The summed E-state index contributed by atoms with van der Waals surface area (Å²) in [5.41, 5.74) is -0.0759. The van der Waals surface area contributed by atoms with Gasteiger partial charge < -0.3 is 4.90 Å². The summed E-state index contributed by atoms with van der Waals surface area (Å²) in [5.74, 6) is 0.572. The van der Waals surface area contributed by atoms with Gasteiger partial charge in [-0.05, 0) is 20.8 Å². The van der Waals surface area contributed by atoms with E-state index >= 15 is 0 Å². The van der Waals surface area contributed by atoms with Gasteiger partial charge >= 0.3 is 0 Å². The van der Waals surface area contributed by atoms with Crippen molar-refractivity contribution in [3.8, 4) is 0 Å². The largest absolute Gasteiger partial charge is 0.343 e. The Morgan fingerprint density at radius 2 is 2.08 bits per heavy atom. The van der Waals surface area contributed by atoms with Crippen LogP contribution in [0.2, 0.25) is 0 Å². The van der Waals surface area contributed by atoms with Gasteiger partial charge in [-0.15, -0.1) is 21.8 Å². The zero-order chi connectivity index (χ0) is 10.1. The van der Waals surface area contributed by atoms with E-state index in [4.69, 9.17) is 11.6 Å². The quantitative estimate of drug-likeness (QED) is 0.731. The Balaban J connectivity index is 2.84. The fraction of sp³-hybridized carbons (Fsp3) is 0.750. The Morgan fingerprint density at radius 1 is 1.46 bits per heavy atom. The van der Waals surface area contributed by atoms with Crippen LogP contribution >= 0.6 is 22.9 Å². The van der Waals surface area contributed by atoms with Crippen molar-refractivity contribution < 1.29 is 0 Å². The van der Waals surface area contributed by atoms with Gasteiger partial charge in [0.15, 0.2) is 0 Å². The van der Waals surface area contributed by atoms with E-state index in [2.05, 4.69) is 28.9 Å². The molecule has 1 heterocycles. The molecule has 0 bridgehead atoms. The van der Waals surface area contributed by atoms with Gasteiger partial charge in [0.1, 0.15) is 5.01 Å². The molecule has 0 saturated heterocycles. The third kappa shape index (κ3) is 2.31. The lowest BCUT2D eigenvalue weighted by atomic mass is 10.1. The number of hydrogen-bond acceptors (Lipinski definition) is 4. The Hall–Kier alpha value is -0.350. The zero-order valence-electron chi connectivity index (χ0n) is 8.33. The molecule has 74 valence electrons. The van der Waals surface area contributed by atoms with Crippen molar-refractivity contribution in [3.05, 3.63) is 5.01 Å². The van der Waals surface area contributed by atoms with Crippen LogP contribution in [0, 0.1) is 6.92 Å². The first-order valence-electron chi connectivity index (χ1n) is 4.07. The lowest BCUT2D eigenvalue weighted by Gasteiger charge is -2.33. The fourth-order valence-electron chi connectivity index (χ4n) is 0.770. The fourth-order valence-corrected chi connectivity index (χ4v) is 1.76. The Labute approximate surface area is 87.7 Å². The molecular formula is C8H14ClN3S. The number of aryl methyl sites for hydroxylation is 1. The van der Waals surface area contributed by atoms with Gasteiger partial charge in [-0.2, -0.15) is 0 Å². The zero-order valence-corrected chi connectivity index (χ0v) is 9.91. The molecular weight excluding hydrogens is 206 g/mol. The van der Waals surface area contributed by atoms with E-state index in [1.807, 2.05) is 14.0 Å². The van der Waals surface area contributed by atoms with E-state index in [0.29, 0.717) is 5.88 Å². The summed E-state index contributed by atoms with van der Waals surface area (Å²) in [6, 6.07) is 0. The van der Waals surface area contributed by atoms with Crippen molar-refractivity contribution in [2.45, 2.75) is 26.3 Å². The van der Waals surface area contributed by atoms with Crippen molar-refractivity contribution >= 4 is 28.1 Å². The Morgan fingerprint density at radius 3 is 2.46 bits per heavy atom. The monoisotopic (exact) mass is 219 g/mol. The van der Waals surface area contributed by atoms with E-state index in [9.17, 15) is 0 Å². The lowest BCUT2D eigenvalue weighted by molar-refractivity contribution is 0.542. The average Bonchev–Trinajstić information content (AvgIpc) is 2.50. The maximum Gasteiger partial charge on any atom is 0.208 e. The first kappa shape index (κ1) is 10.7. The van der Waals surface area contributed by atoms with Gasteiger partial charge in [0, 0.05) is 18.5 Å². The van der Waals surface area contributed by atoms with E-state index in [1.54, 1.807) is 11.3 Å². The van der Waals surface area contributed by atoms with Crippen LogP contribution in [0.15, 0.2) is 0 Å². The lowest BCUT2D eigenvalue weighted by Crippen LogP contribution is -2.42. The molecule has 0 unspecified atom stereocenters. The summed E-state index contributed by atoms with van der Waals surface area (Å²) >= 11 is 7.44. The minimum absolute atomic E-state index is 0.0759. The van der Waals surface area contributed by atoms with Crippen molar-refractivity contribution in [2.24, 2.45) is 0 Å². The second kappa shape index (κ2) is 3.80. The molecule has 1 rings (SSSR count). The second-order valence-corrected chi connectivity index (χ2v) is 5.04. The molecule has 0 aliphatic heterocycles.